The number of aryl methyl sites for hydroxylation is 1. The second-order valence-electron chi connectivity index (χ2n) is 16.3. The van der Waals surface area contributed by atoms with Crippen molar-refractivity contribution in [3.63, 3.8) is 0 Å². The summed E-state index contributed by atoms with van der Waals surface area (Å²) >= 11 is 0. The summed E-state index contributed by atoms with van der Waals surface area (Å²) in [7, 11) is 0. The molecule has 1 aliphatic rings. The lowest BCUT2D eigenvalue weighted by molar-refractivity contribution is 0.431. The van der Waals surface area contributed by atoms with Crippen LogP contribution in [0.4, 0.5) is 0 Å². The fourth-order valence-corrected chi connectivity index (χ4v) is 9.16. The van der Waals surface area contributed by atoms with Gasteiger partial charge in [0.15, 0.2) is 0 Å². The van der Waals surface area contributed by atoms with Crippen LogP contribution in [0.25, 0.3) is 0 Å². The van der Waals surface area contributed by atoms with Crippen LogP contribution in [0.5, 0.6) is 63.2 Å². The Kier molecular flexibility index (Phi) is 10.1. The Morgan fingerprint density at radius 3 is 0.594 bits per heavy atom. The van der Waals surface area contributed by atoms with Gasteiger partial charge in [0.25, 0.3) is 0 Å². The minimum absolute atomic E-state index is 0.0575. The largest absolute Gasteiger partial charge is 0.508 e. The van der Waals surface area contributed by atoms with Crippen LogP contribution in [0, 0.1) is 6.92 Å². The maximum absolute atomic E-state index is 11.9. The molecule has 8 aromatic carbocycles. The van der Waals surface area contributed by atoms with Crippen molar-refractivity contribution in [3.05, 3.63) is 218 Å². The first-order valence-corrected chi connectivity index (χ1v) is 20.3. The van der Waals surface area contributed by atoms with E-state index in [1.807, 2.05) is 31.2 Å². The van der Waals surface area contributed by atoms with E-state index in [2.05, 4.69) is 0 Å². The quantitative estimate of drug-likeness (QED) is 0.0800. The topological polar surface area (TPSA) is 223 Å². The highest BCUT2D eigenvalue weighted by Crippen LogP contribution is 2.53. The normalized spacial score (nSPS) is 16.9. The highest BCUT2D eigenvalue weighted by Gasteiger charge is 2.35. The Labute approximate surface area is 366 Å². The molecule has 9 rings (SSSR count). The lowest BCUT2D eigenvalue weighted by Gasteiger charge is -2.29. The minimum Gasteiger partial charge on any atom is -0.508 e. The van der Waals surface area contributed by atoms with E-state index >= 15 is 0 Å². The van der Waals surface area contributed by atoms with Crippen LogP contribution in [0.1, 0.15) is 96.0 Å². The van der Waals surface area contributed by atoms with Crippen molar-refractivity contribution in [2.75, 3.05) is 0 Å². The number of phenolic OH excluding ortho intramolecular Hbond substituents is 11. The summed E-state index contributed by atoms with van der Waals surface area (Å²) in [4.78, 5) is 0. The van der Waals surface area contributed by atoms with Crippen molar-refractivity contribution in [3.8, 4) is 63.2 Å². The SMILES string of the molecule is Cc1ccc(C2c3cc(c(O)cc3O)C(c3ccc(O)cc3)c3cc(c(O)cc3O)C(c3ccc(O)cc3)c3cc(c(O)cc3O)C(c3ccc(O)cc3)c3cc2c(O)cc3O)cc1. The van der Waals surface area contributed by atoms with E-state index in [0.29, 0.717) is 22.3 Å². The van der Waals surface area contributed by atoms with Crippen LogP contribution in [-0.4, -0.2) is 56.2 Å². The zero-order valence-corrected chi connectivity index (χ0v) is 34.1. The highest BCUT2D eigenvalue weighted by atomic mass is 16.3. The Morgan fingerprint density at radius 1 is 0.234 bits per heavy atom. The molecule has 11 heteroatoms. The molecule has 0 heterocycles. The summed E-state index contributed by atoms with van der Waals surface area (Å²) in [6.45, 7) is 1.91. The molecule has 11 nitrogen and oxygen atoms in total. The number of hydrogen-bond donors (Lipinski definition) is 11. The predicted octanol–water partition coefficient (Wildman–Crippen LogP) is 9.79. The predicted molar refractivity (Wildman–Crippen MR) is 238 cm³/mol. The van der Waals surface area contributed by atoms with Gasteiger partial charge >= 0.3 is 0 Å². The van der Waals surface area contributed by atoms with Gasteiger partial charge in [-0.15, -0.1) is 0 Å². The summed E-state index contributed by atoms with van der Waals surface area (Å²) < 4.78 is 0. The average Bonchev–Trinajstić information content (AvgIpc) is 3.25. The van der Waals surface area contributed by atoms with Crippen LogP contribution in [-0.2, 0) is 0 Å². The molecule has 0 amide bonds. The van der Waals surface area contributed by atoms with Gasteiger partial charge in [0, 0.05) is 92.4 Å². The average molecular weight is 855 g/mol. The van der Waals surface area contributed by atoms with Crippen LogP contribution >= 0.6 is 0 Å². The zero-order chi connectivity index (χ0) is 45.1. The molecule has 0 spiro atoms. The van der Waals surface area contributed by atoms with Crippen LogP contribution in [0.15, 0.2) is 146 Å². The van der Waals surface area contributed by atoms with Gasteiger partial charge in [-0.3, -0.25) is 0 Å². The molecule has 8 aromatic rings. The Balaban J connectivity index is 1.48. The number of rotatable bonds is 4. The molecule has 11 N–H and O–H groups in total. The maximum Gasteiger partial charge on any atom is 0.123 e. The van der Waals surface area contributed by atoms with Crippen molar-refractivity contribution in [1.29, 1.82) is 0 Å². The van der Waals surface area contributed by atoms with Crippen molar-refractivity contribution >= 4 is 0 Å². The van der Waals surface area contributed by atoms with Gasteiger partial charge in [-0.1, -0.05) is 66.2 Å². The molecule has 0 saturated carbocycles. The fraction of sp³-hybridized carbons (Fsp3) is 0.0943. The van der Waals surface area contributed by atoms with Crippen molar-refractivity contribution < 1.29 is 56.2 Å². The third-order valence-electron chi connectivity index (χ3n) is 12.3. The summed E-state index contributed by atoms with van der Waals surface area (Å²) in [6.07, 6.45) is 0. The lowest BCUT2D eigenvalue weighted by atomic mass is 9.75. The second-order valence-corrected chi connectivity index (χ2v) is 16.3. The van der Waals surface area contributed by atoms with Gasteiger partial charge in [0.1, 0.15) is 63.2 Å². The number of aromatic hydroxyl groups is 11. The van der Waals surface area contributed by atoms with Gasteiger partial charge < -0.3 is 56.2 Å². The molecule has 0 aromatic heterocycles. The maximum atomic E-state index is 11.9. The molecule has 8 bridgehead atoms. The first kappa shape index (κ1) is 40.9. The van der Waals surface area contributed by atoms with E-state index < -0.39 is 46.7 Å². The molecule has 2 atom stereocenters. The van der Waals surface area contributed by atoms with Gasteiger partial charge in [-0.25, -0.2) is 0 Å². The van der Waals surface area contributed by atoms with Crippen molar-refractivity contribution in [1.82, 2.24) is 0 Å². The Bertz CT molecular complexity index is 2550. The van der Waals surface area contributed by atoms with Crippen LogP contribution < -0.4 is 0 Å². The van der Waals surface area contributed by atoms with E-state index in [0.717, 1.165) is 17.7 Å². The minimum atomic E-state index is -1.09. The van der Waals surface area contributed by atoms with E-state index in [1.54, 1.807) is 48.5 Å². The monoisotopic (exact) mass is 854 g/mol. The molecular formula is C53H42O11. The molecular weight excluding hydrogens is 813 g/mol. The first-order valence-electron chi connectivity index (χ1n) is 20.3. The molecule has 2 unspecified atom stereocenters. The third kappa shape index (κ3) is 7.18. The summed E-state index contributed by atoms with van der Waals surface area (Å²) in [5, 5.41) is 126. The highest BCUT2D eigenvalue weighted by molar-refractivity contribution is 5.67. The van der Waals surface area contributed by atoms with Gasteiger partial charge in [-0.2, -0.15) is 0 Å². The van der Waals surface area contributed by atoms with E-state index in [-0.39, 0.29) is 84.8 Å². The molecule has 0 aliphatic heterocycles. The number of fused-ring (bicyclic) bond motifs is 8. The number of phenols is 11. The summed E-state index contributed by atoms with van der Waals surface area (Å²) in [5.41, 5.74) is 4.25. The molecule has 0 fully saturated rings. The number of benzene rings is 8. The molecule has 320 valence electrons. The summed E-state index contributed by atoms with van der Waals surface area (Å²) in [5.74, 6) is -7.46. The molecule has 0 saturated heterocycles. The first-order chi connectivity index (χ1) is 30.7. The van der Waals surface area contributed by atoms with Crippen molar-refractivity contribution in [2.45, 2.75) is 30.6 Å². The number of hydrogen-bond acceptors (Lipinski definition) is 11. The molecule has 1 aliphatic carbocycles. The Hall–Kier alpha value is -8.44. The zero-order valence-electron chi connectivity index (χ0n) is 34.1. The van der Waals surface area contributed by atoms with Gasteiger partial charge in [0.05, 0.1) is 0 Å². The van der Waals surface area contributed by atoms with E-state index in [4.69, 9.17) is 0 Å². The smallest absolute Gasteiger partial charge is 0.123 e. The third-order valence-corrected chi connectivity index (χ3v) is 12.3. The van der Waals surface area contributed by atoms with Crippen molar-refractivity contribution in [2.24, 2.45) is 0 Å². The Morgan fingerprint density at radius 2 is 0.406 bits per heavy atom. The second kappa shape index (κ2) is 15.8. The molecule has 64 heavy (non-hydrogen) atoms. The van der Waals surface area contributed by atoms with E-state index in [9.17, 15) is 56.2 Å². The molecule has 0 radical (unpaired) electrons. The van der Waals surface area contributed by atoms with E-state index in [1.165, 1.54) is 60.7 Å². The van der Waals surface area contributed by atoms with Gasteiger partial charge in [0.2, 0.25) is 0 Å². The summed E-state index contributed by atoms with van der Waals surface area (Å²) in [6, 6.07) is 36.4. The lowest BCUT2D eigenvalue weighted by Crippen LogP contribution is -2.13. The van der Waals surface area contributed by atoms with Gasteiger partial charge in [-0.05, 0) is 89.8 Å². The fourth-order valence-electron chi connectivity index (χ4n) is 9.16. The van der Waals surface area contributed by atoms with Crippen LogP contribution in [0.3, 0.4) is 0 Å². The standard InChI is InChI=1S/C53H42O11/c1-26-2-4-27(5-3-26)50-34-18-36(44(59)22-42(34)57)51(28-6-12-31(54)13-7-28)38-20-40(48(63)24-46(38)61)53(30-10-16-33(56)17-11-30)41-21-39(47(62)25-49(41)64)52(29-8-14-32(55)15-9-29)37-19-35(50)43(58)23-45(37)60/h2-25,50-64H,1H3. The van der Waals surface area contributed by atoms with Crippen LogP contribution in [0.2, 0.25) is 0 Å².